The predicted octanol–water partition coefficient (Wildman–Crippen LogP) is 3.74. The Morgan fingerprint density at radius 2 is 1.90 bits per heavy atom. The third-order valence-electron chi connectivity index (χ3n) is 4.65. The molecule has 0 atom stereocenters. The average molecular weight is 413 g/mol. The topological polar surface area (TPSA) is 66.8 Å². The maximum atomic E-state index is 13.1. The van der Waals surface area contributed by atoms with E-state index in [2.05, 4.69) is 25.7 Å². The quantitative estimate of drug-likeness (QED) is 0.605. The van der Waals surface area contributed by atoms with E-state index in [0.717, 1.165) is 5.69 Å². The maximum Gasteiger partial charge on any atom is 0.322 e. The van der Waals surface area contributed by atoms with Crippen LogP contribution in [0.15, 0.2) is 55.3 Å². The summed E-state index contributed by atoms with van der Waals surface area (Å²) < 4.78 is 7.13. The van der Waals surface area contributed by atoms with Gasteiger partial charge in [0.25, 0.3) is 0 Å². The number of aromatic nitrogens is 1. The Morgan fingerprint density at radius 1 is 1.20 bits per heavy atom. The third-order valence-corrected chi connectivity index (χ3v) is 4.65. The Bertz CT molecular complexity index is 842. The third kappa shape index (κ3) is 6.69. The summed E-state index contributed by atoms with van der Waals surface area (Å²) in [6.45, 7) is 9.23. The van der Waals surface area contributed by atoms with Crippen LogP contribution >= 0.6 is 0 Å². The first-order valence-electron chi connectivity index (χ1n) is 10.0. The number of aryl methyl sites for hydroxylation is 1. The van der Waals surface area contributed by atoms with E-state index in [1.165, 1.54) is 4.90 Å². The lowest BCUT2D eigenvalue weighted by molar-refractivity contribution is -0.132. The molecule has 2 aromatic rings. The van der Waals surface area contributed by atoms with Crippen molar-refractivity contribution in [3.8, 4) is 5.75 Å². The molecule has 0 aliphatic heterocycles. The molecule has 162 valence electrons. The number of methoxy groups -OCH3 is 1. The lowest BCUT2D eigenvalue weighted by Crippen LogP contribution is -2.45. The first-order chi connectivity index (χ1) is 14.3. The molecule has 3 amide bonds. The predicted molar refractivity (Wildman–Crippen MR) is 119 cm³/mol. The van der Waals surface area contributed by atoms with Crippen molar-refractivity contribution in [1.29, 1.82) is 0 Å². The van der Waals surface area contributed by atoms with Gasteiger partial charge < -0.3 is 24.4 Å². The van der Waals surface area contributed by atoms with Crippen LogP contribution in [0.1, 0.15) is 19.5 Å². The van der Waals surface area contributed by atoms with Crippen LogP contribution in [0, 0.1) is 5.92 Å². The molecule has 0 aliphatic carbocycles. The van der Waals surface area contributed by atoms with Gasteiger partial charge in [0.2, 0.25) is 5.91 Å². The minimum atomic E-state index is -0.350. The number of amides is 3. The molecule has 7 heteroatoms. The van der Waals surface area contributed by atoms with Gasteiger partial charge in [0, 0.05) is 37.7 Å². The van der Waals surface area contributed by atoms with E-state index >= 15 is 0 Å². The minimum absolute atomic E-state index is 0.0227. The maximum absolute atomic E-state index is 13.1. The summed E-state index contributed by atoms with van der Waals surface area (Å²) in [5.41, 5.74) is 1.67. The first kappa shape index (κ1) is 23.1. The Labute approximate surface area is 178 Å². The van der Waals surface area contributed by atoms with E-state index < -0.39 is 0 Å². The minimum Gasteiger partial charge on any atom is -0.497 e. The lowest BCUT2D eigenvalue weighted by Gasteiger charge is -2.28. The van der Waals surface area contributed by atoms with E-state index in [9.17, 15) is 9.59 Å². The van der Waals surface area contributed by atoms with Crippen molar-refractivity contribution in [3.05, 3.63) is 60.9 Å². The van der Waals surface area contributed by atoms with Crippen molar-refractivity contribution in [3.63, 3.8) is 0 Å². The molecular weight excluding hydrogens is 380 g/mol. The number of hydrogen-bond acceptors (Lipinski definition) is 3. The number of carbonyl (C=O) groups excluding carboxylic acids is 2. The van der Waals surface area contributed by atoms with Gasteiger partial charge in [-0.1, -0.05) is 19.9 Å². The normalized spacial score (nSPS) is 10.6. The second-order valence-corrected chi connectivity index (χ2v) is 7.61. The van der Waals surface area contributed by atoms with Crippen LogP contribution in [-0.4, -0.2) is 53.0 Å². The van der Waals surface area contributed by atoms with Crippen LogP contribution in [0.3, 0.4) is 0 Å². The molecule has 0 radical (unpaired) electrons. The highest BCUT2D eigenvalue weighted by Crippen LogP contribution is 2.16. The Kier molecular flexibility index (Phi) is 8.53. The molecule has 0 spiro atoms. The van der Waals surface area contributed by atoms with Gasteiger partial charge in [0.1, 0.15) is 12.3 Å². The van der Waals surface area contributed by atoms with E-state index in [0.29, 0.717) is 30.4 Å². The van der Waals surface area contributed by atoms with E-state index in [1.54, 1.807) is 42.4 Å². The number of nitrogens with zero attached hydrogens (tertiary/aromatic N) is 3. The summed E-state index contributed by atoms with van der Waals surface area (Å²) in [7, 11) is 3.54. The number of anilines is 1. The molecule has 0 bridgehead atoms. The summed E-state index contributed by atoms with van der Waals surface area (Å²) in [5, 5.41) is 2.83. The summed E-state index contributed by atoms with van der Waals surface area (Å²) in [6, 6.07) is 10.6. The monoisotopic (exact) mass is 412 g/mol. The number of nitrogens with one attached hydrogen (secondary N) is 1. The van der Waals surface area contributed by atoms with Gasteiger partial charge in [-0.2, -0.15) is 0 Å². The van der Waals surface area contributed by atoms with Crippen LogP contribution in [0.2, 0.25) is 0 Å². The number of ether oxygens (including phenoxy) is 1. The van der Waals surface area contributed by atoms with Gasteiger partial charge in [-0.15, -0.1) is 6.58 Å². The van der Waals surface area contributed by atoms with Gasteiger partial charge in [-0.25, -0.2) is 4.79 Å². The summed E-state index contributed by atoms with van der Waals surface area (Å²) in [5.74, 6) is 0.919. The zero-order chi connectivity index (χ0) is 22.1. The fraction of sp³-hybridized carbons (Fsp3) is 0.391. The molecule has 1 aromatic heterocycles. The number of urea groups is 1. The first-order valence-corrected chi connectivity index (χ1v) is 10.0. The fourth-order valence-corrected chi connectivity index (χ4v) is 3.07. The lowest BCUT2D eigenvalue weighted by atomic mass is 10.2. The molecule has 0 saturated heterocycles. The molecule has 0 fully saturated rings. The molecule has 1 N–H and O–H groups in total. The van der Waals surface area contributed by atoms with Crippen molar-refractivity contribution in [1.82, 2.24) is 14.4 Å². The molecule has 0 saturated carbocycles. The Hall–Kier alpha value is -3.22. The van der Waals surface area contributed by atoms with Crippen molar-refractivity contribution >= 4 is 17.6 Å². The molecule has 0 aliphatic rings. The van der Waals surface area contributed by atoms with Gasteiger partial charge in [0.15, 0.2) is 0 Å². The molecule has 0 unspecified atom stereocenters. The zero-order valence-electron chi connectivity index (χ0n) is 18.3. The van der Waals surface area contributed by atoms with Crippen LogP contribution in [0.25, 0.3) is 0 Å². The standard InChI is InChI=1S/C23H32N4O3/c1-6-13-26(23(29)24-19-9-11-21(30-5)12-10-19)17-22(28)27(15-18(2)3)16-20-8-7-14-25(20)4/h6-12,14,18H,1,13,15-17H2,2-5H3,(H,24,29). The van der Waals surface area contributed by atoms with Crippen molar-refractivity contribution in [2.24, 2.45) is 13.0 Å². The second kappa shape index (κ2) is 11.1. The average Bonchev–Trinajstić information content (AvgIpc) is 3.11. The summed E-state index contributed by atoms with van der Waals surface area (Å²) >= 11 is 0. The SMILES string of the molecule is C=CCN(CC(=O)N(Cc1cccn1C)CC(C)C)C(=O)Nc1ccc(OC)cc1. The van der Waals surface area contributed by atoms with Gasteiger partial charge in [-0.05, 0) is 42.3 Å². The van der Waals surface area contributed by atoms with Crippen molar-refractivity contribution in [2.45, 2.75) is 20.4 Å². The number of carbonyl (C=O) groups is 2. The number of hydrogen-bond donors (Lipinski definition) is 1. The zero-order valence-corrected chi connectivity index (χ0v) is 18.3. The second-order valence-electron chi connectivity index (χ2n) is 7.61. The summed E-state index contributed by atoms with van der Waals surface area (Å²) in [6.07, 6.45) is 3.57. The van der Waals surface area contributed by atoms with E-state index in [4.69, 9.17) is 4.74 Å². The molecule has 30 heavy (non-hydrogen) atoms. The number of rotatable bonds is 10. The van der Waals surface area contributed by atoms with E-state index in [1.807, 2.05) is 29.9 Å². The molecule has 1 heterocycles. The van der Waals surface area contributed by atoms with Crippen LogP contribution in [0.5, 0.6) is 5.75 Å². The molecular formula is C23H32N4O3. The van der Waals surface area contributed by atoms with Gasteiger partial charge in [0.05, 0.1) is 13.7 Å². The highest BCUT2D eigenvalue weighted by atomic mass is 16.5. The van der Waals surface area contributed by atoms with Crippen molar-refractivity contribution < 1.29 is 14.3 Å². The van der Waals surface area contributed by atoms with Crippen LogP contribution < -0.4 is 10.1 Å². The molecule has 7 nitrogen and oxygen atoms in total. The van der Waals surface area contributed by atoms with Gasteiger partial charge in [-0.3, -0.25) is 4.79 Å². The Morgan fingerprint density at radius 3 is 2.43 bits per heavy atom. The summed E-state index contributed by atoms with van der Waals surface area (Å²) in [4.78, 5) is 29.1. The van der Waals surface area contributed by atoms with Crippen molar-refractivity contribution in [2.75, 3.05) is 32.1 Å². The number of benzene rings is 1. The Balaban J connectivity index is 2.08. The smallest absolute Gasteiger partial charge is 0.322 e. The van der Waals surface area contributed by atoms with E-state index in [-0.39, 0.29) is 25.0 Å². The molecule has 1 aromatic carbocycles. The van der Waals surface area contributed by atoms with Gasteiger partial charge >= 0.3 is 6.03 Å². The van der Waals surface area contributed by atoms with Crippen LogP contribution in [0.4, 0.5) is 10.5 Å². The fourth-order valence-electron chi connectivity index (χ4n) is 3.07. The highest BCUT2D eigenvalue weighted by molar-refractivity contribution is 5.92. The molecule has 2 rings (SSSR count). The highest BCUT2D eigenvalue weighted by Gasteiger charge is 2.22. The largest absolute Gasteiger partial charge is 0.497 e. The van der Waals surface area contributed by atoms with Crippen LogP contribution in [-0.2, 0) is 18.4 Å².